The van der Waals surface area contributed by atoms with E-state index in [9.17, 15) is 61.0 Å². The highest BCUT2D eigenvalue weighted by Crippen LogP contribution is 2.32. The summed E-state index contributed by atoms with van der Waals surface area (Å²) in [4.78, 5) is 12.2. The number of carbonyl (C=O) groups excluding carboxylic acids is 1. The van der Waals surface area contributed by atoms with Crippen LogP contribution in [0.3, 0.4) is 0 Å². The quantitative estimate of drug-likeness (QED) is 0.0794. The lowest BCUT2D eigenvalue weighted by atomic mass is 9.96. The third kappa shape index (κ3) is 9.76. The fourth-order valence-electron chi connectivity index (χ4n) is 5.23. The molecule has 0 aromatic rings. The van der Waals surface area contributed by atoms with Crippen LogP contribution in [-0.2, 0) is 33.2 Å². The second-order valence-electron chi connectivity index (χ2n) is 12.6. The van der Waals surface area contributed by atoms with Gasteiger partial charge in [0, 0.05) is 0 Å². The van der Waals surface area contributed by atoms with Crippen LogP contribution in [0.1, 0.15) is 20.8 Å². The van der Waals surface area contributed by atoms with Gasteiger partial charge in [-0.25, -0.2) is 4.79 Å². The largest absolute Gasteiger partial charge is 0.444 e. The van der Waals surface area contributed by atoms with Crippen molar-refractivity contribution < 1.29 is 94.1 Å². The van der Waals surface area contributed by atoms with Crippen molar-refractivity contribution in [2.75, 3.05) is 26.4 Å². The summed E-state index contributed by atoms with van der Waals surface area (Å²) in [5.41, 5.74) is -0.855. The van der Waals surface area contributed by atoms with Crippen molar-refractivity contribution in [3.8, 4) is 0 Å². The van der Waals surface area contributed by atoms with Crippen LogP contribution in [0.4, 0.5) is 4.79 Å². The fourth-order valence-corrected chi connectivity index (χ4v) is 5.23. The molecule has 3 rings (SSSR count). The van der Waals surface area contributed by atoms with Gasteiger partial charge in [0.05, 0.1) is 38.6 Å². The fraction of sp³-hybridized carbons (Fsp3) is 0.893. The Bertz CT molecular complexity index is 1010. The van der Waals surface area contributed by atoms with E-state index in [1.807, 2.05) is 0 Å². The summed E-state index contributed by atoms with van der Waals surface area (Å²) in [6, 6.07) is -1.15. The van der Waals surface area contributed by atoms with Crippen molar-refractivity contribution in [2.24, 2.45) is 0 Å². The van der Waals surface area contributed by atoms with Gasteiger partial charge in [0.25, 0.3) is 0 Å². The van der Waals surface area contributed by atoms with Gasteiger partial charge < -0.3 is 94.6 Å². The Kier molecular flexibility index (Phi) is 14.9. The molecule has 0 bridgehead atoms. The molecule has 6 unspecified atom stereocenters. The number of hydrogen-bond acceptors (Lipinski definition) is 19. The Balaban J connectivity index is 1.66. The summed E-state index contributed by atoms with van der Waals surface area (Å²) < 4.78 is 38.2. The van der Waals surface area contributed by atoms with Gasteiger partial charge in [-0.15, -0.1) is 6.58 Å². The highest BCUT2D eigenvalue weighted by atomic mass is 16.8. The van der Waals surface area contributed by atoms with Crippen LogP contribution in [-0.4, -0.2) is 199 Å². The maximum Gasteiger partial charge on any atom is 0.408 e. The van der Waals surface area contributed by atoms with Crippen molar-refractivity contribution >= 4 is 6.09 Å². The number of aliphatic hydroxyl groups excluding tert-OH is 11. The average Bonchev–Trinajstić information content (AvgIpc) is 3.03. The third-order valence-corrected chi connectivity index (χ3v) is 7.87. The Hall–Kier alpha value is -1.67. The monoisotopic (exact) mass is 703 g/mol. The highest BCUT2D eigenvalue weighted by molar-refractivity contribution is 5.68. The van der Waals surface area contributed by atoms with Crippen LogP contribution in [0.25, 0.3) is 0 Å². The molecule has 3 aliphatic rings. The number of ether oxygens (including phenoxy) is 7. The lowest BCUT2D eigenvalue weighted by molar-refractivity contribution is -0.379. The van der Waals surface area contributed by atoms with E-state index >= 15 is 0 Å². The van der Waals surface area contributed by atoms with Gasteiger partial charge in [-0.3, -0.25) is 0 Å². The zero-order chi connectivity index (χ0) is 36.1. The van der Waals surface area contributed by atoms with Gasteiger partial charge in [-0.05, 0) is 20.8 Å². The number of carbonyl (C=O) groups is 1. The van der Waals surface area contributed by atoms with Gasteiger partial charge in [-0.1, -0.05) is 6.08 Å². The highest BCUT2D eigenvalue weighted by Gasteiger charge is 2.53. The van der Waals surface area contributed by atoms with E-state index in [1.54, 1.807) is 20.8 Å². The third-order valence-electron chi connectivity index (χ3n) is 7.87. The number of hydrogen-bond donors (Lipinski definition) is 12. The standard InChI is InChI=1S/C28H49NO19/c1-5-11(33)10(29-27(41)48-28(2,3)4)9-42-24-20(39)17(36)22(13(7-31)44-24)47-26-21(40)18(37)23(14(8-32)45-26)46-25-19(38)16(35)15(34)12(6-30)43-25/h5,10-26,30-40H,1,6-9H2,2-4H3,(H,29,41)/t10-,11+,12?,13?,14?,15-,16-,17+,18+,19?,20?,21?,22+,23-,24+,25+,26-/m0/s1. The first kappa shape index (κ1) is 40.8. The van der Waals surface area contributed by atoms with E-state index < -0.39 is 142 Å². The molecule has 280 valence electrons. The minimum Gasteiger partial charge on any atom is -0.444 e. The van der Waals surface area contributed by atoms with Crippen LogP contribution in [0.5, 0.6) is 0 Å². The van der Waals surface area contributed by atoms with Crippen molar-refractivity contribution in [3.05, 3.63) is 12.7 Å². The van der Waals surface area contributed by atoms with Gasteiger partial charge in [0.1, 0.15) is 78.8 Å². The van der Waals surface area contributed by atoms with Crippen LogP contribution in [0.2, 0.25) is 0 Å². The predicted molar refractivity (Wildman–Crippen MR) is 154 cm³/mol. The molecule has 0 spiro atoms. The average molecular weight is 704 g/mol. The number of amides is 1. The molecule has 3 aliphatic heterocycles. The number of rotatable bonds is 13. The topological polar surface area (TPSA) is 316 Å². The molecule has 3 fully saturated rings. The van der Waals surface area contributed by atoms with Gasteiger partial charge in [-0.2, -0.15) is 0 Å². The molecule has 3 heterocycles. The van der Waals surface area contributed by atoms with Crippen LogP contribution in [0, 0.1) is 0 Å². The van der Waals surface area contributed by atoms with E-state index in [2.05, 4.69) is 11.9 Å². The number of alkyl carbamates (subject to hydrolysis) is 1. The van der Waals surface area contributed by atoms with Gasteiger partial charge in [0.15, 0.2) is 18.9 Å². The van der Waals surface area contributed by atoms with Crippen LogP contribution in [0.15, 0.2) is 12.7 Å². The normalized spacial score (nSPS) is 42.1. The van der Waals surface area contributed by atoms with E-state index in [0.717, 1.165) is 6.08 Å². The molecule has 3 saturated heterocycles. The summed E-state index contributed by atoms with van der Waals surface area (Å²) in [6.45, 7) is 5.38. The number of nitrogens with one attached hydrogen (secondary N) is 1. The molecule has 20 heteroatoms. The number of aliphatic hydroxyl groups is 11. The molecule has 20 nitrogen and oxygen atoms in total. The molecular weight excluding hydrogens is 654 g/mol. The Labute approximate surface area is 275 Å². The van der Waals surface area contributed by atoms with Crippen LogP contribution >= 0.6 is 0 Å². The minimum absolute atomic E-state index is 0.491. The summed E-state index contributed by atoms with van der Waals surface area (Å²) in [5, 5.41) is 116. The first-order chi connectivity index (χ1) is 22.5. The van der Waals surface area contributed by atoms with Crippen molar-refractivity contribution in [3.63, 3.8) is 0 Å². The van der Waals surface area contributed by atoms with E-state index in [4.69, 9.17) is 33.2 Å². The van der Waals surface area contributed by atoms with E-state index in [0.29, 0.717) is 0 Å². The lowest BCUT2D eigenvalue weighted by Crippen LogP contribution is -2.66. The second-order valence-corrected chi connectivity index (χ2v) is 12.6. The van der Waals surface area contributed by atoms with E-state index in [-0.39, 0.29) is 0 Å². The first-order valence-electron chi connectivity index (χ1n) is 15.3. The maximum atomic E-state index is 12.2. The molecular formula is C28H49NO19. The van der Waals surface area contributed by atoms with E-state index in [1.165, 1.54) is 0 Å². The molecule has 48 heavy (non-hydrogen) atoms. The Morgan fingerprint density at radius 2 is 1.17 bits per heavy atom. The molecule has 0 radical (unpaired) electrons. The first-order valence-corrected chi connectivity index (χ1v) is 15.3. The Morgan fingerprint density at radius 1 is 0.729 bits per heavy atom. The molecule has 1 amide bonds. The molecule has 12 N–H and O–H groups in total. The Morgan fingerprint density at radius 3 is 1.62 bits per heavy atom. The molecule has 0 saturated carbocycles. The van der Waals surface area contributed by atoms with Gasteiger partial charge >= 0.3 is 6.09 Å². The SMILES string of the molecule is C=C[C@@H](O)[C@H](CO[C@@H]1OC(CO)[C@@H](O[C@@H]2OC(CO)[C@H](O[C@H]3OC(CO)[C@H](O)[C@H](O)C3O)[C@H](O)C2O)[C@H](O)C1O)NC(=O)OC(C)(C)C. The maximum absolute atomic E-state index is 12.2. The molecule has 0 aromatic carbocycles. The van der Waals surface area contributed by atoms with Crippen molar-refractivity contribution in [1.29, 1.82) is 0 Å². The van der Waals surface area contributed by atoms with Crippen molar-refractivity contribution in [1.82, 2.24) is 5.32 Å². The summed E-state index contributed by atoms with van der Waals surface area (Å²) in [7, 11) is 0. The smallest absolute Gasteiger partial charge is 0.408 e. The second kappa shape index (κ2) is 17.5. The van der Waals surface area contributed by atoms with Crippen LogP contribution < -0.4 is 5.32 Å². The molecule has 0 aromatic heterocycles. The summed E-state index contributed by atoms with van der Waals surface area (Å²) in [5.74, 6) is 0. The van der Waals surface area contributed by atoms with Crippen molar-refractivity contribution in [2.45, 2.75) is 131 Å². The minimum atomic E-state index is -1.99. The summed E-state index contributed by atoms with van der Waals surface area (Å²) >= 11 is 0. The summed E-state index contributed by atoms with van der Waals surface area (Å²) in [6.07, 6.45) is -27.0. The predicted octanol–water partition coefficient (Wildman–Crippen LogP) is -6.11. The zero-order valence-corrected chi connectivity index (χ0v) is 26.6. The molecule has 17 atom stereocenters. The molecule has 0 aliphatic carbocycles. The zero-order valence-electron chi connectivity index (χ0n) is 26.6. The lowest BCUT2D eigenvalue weighted by Gasteiger charge is -2.48. The van der Waals surface area contributed by atoms with Gasteiger partial charge in [0.2, 0.25) is 0 Å².